The van der Waals surface area contributed by atoms with Crippen molar-refractivity contribution in [1.82, 2.24) is 15.1 Å². The maximum atomic E-state index is 12.1. The van der Waals surface area contributed by atoms with Gasteiger partial charge in [-0.05, 0) is 32.7 Å². The van der Waals surface area contributed by atoms with Crippen molar-refractivity contribution in [3.8, 4) is 0 Å². The van der Waals surface area contributed by atoms with Crippen molar-refractivity contribution in [2.45, 2.75) is 38.0 Å². The van der Waals surface area contributed by atoms with E-state index in [1.54, 1.807) is 4.68 Å². The van der Waals surface area contributed by atoms with Gasteiger partial charge < -0.3 is 11.1 Å². The van der Waals surface area contributed by atoms with Crippen LogP contribution in [0.5, 0.6) is 0 Å². The van der Waals surface area contributed by atoms with E-state index in [0.29, 0.717) is 31.5 Å². The second-order valence-electron chi connectivity index (χ2n) is 5.35. The Kier molecular flexibility index (Phi) is 5.00. The summed E-state index contributed by atoms with van der Waals surface area (Å²) >= 11 is 0. The van der Waals surface area contributed by atoms with Gasteiger partial charge in [0.05, 0.1) is 22.8 Å². The summed E-state index contributed by atoms with van der Waals surface area (Å²) in [7, 11) is -3.03. The van der Waals surface area contributed by atoms with Gasteiger partial charge in [0, 0.05) is 18.8 Å². The lowest BCUT2D eigenvalue weighted by Gasteiger charge is -2.10. The molecule has 1 aliphatic heterocycles. The standard InChI is InChI=1S/C13H22N4O3S/c1-10-12(9-16-17(10)6-3-5-14)13(18)15-8-11-4-2-7-21(11,19)20/h9,11H,2-8,14H2,1H3,(H,15,18). The Balaban J connectivity index is 1.96. The number of amides is 1. The fourth-order valence-corrected chi connectivity index (χ4v) is 4.29. The quantitative estimate of drug-likeness (QED) is 0.759. The molecule has 1 aliphatic rings. The van der Waals surface area contributed by atoms with Crippen LogP contribution in [0, 0.1) is 6.92 Å². The molecule has 1 aromatic rings. The van der Waals surface area contributed by atoms with Gasteiger partial charge in [-0.15, -0.1) is 0 Å². The molecule has 1 aromatic heterocycles. The third kappa shape index (κ3) is 3.62. The summed E-state index contributed by atoms with van der Waals surface area (Å²) < 4.78 is 25.2. The predicted octanol–water partition coefficient (Wildman–Crippen LogP) is -0.153. The maximum Gasteiger partial charge on any atom is 0.254 e. The molecule has 2 rings (SSSR count). The Morgan fingerprint density at radius 1 is 1.57 bits per heavy atom. The van der Waals surface area contributed by atoms with E-state index in [-0.39, 0.29) is 18.2 Å². The number of rotatable bonds is 6. The molecule has 118 valence electrons. The average Bonchev–Trinajstić information content (AvgIpc) is 2.96. The minimum Gasteiger partial charge on any atom is -0.351 e. The Bertz CT molecular complexity index is 609. The highest BCUT2D eigenvalue weighted by atomic mass is 32.2. The van der Waals surface area contributed by atoms with Gasteiger partial charge in [-0.3, -0.25) is 9.48 Å². The van der Waals surface area contributed by atoms with Gasteiger partial charge in [0.2, 0.25) is 0 Å². The second-order valence-corrected chi connectivity index (χ2v) is 7.75. The lowest BCUT2D eigenvalue weighted by molar-refractivity contribution is 0.0953. The Labute approximate surface area is 124 Å². The van der Waals surface area contributed by atoms with Crippen molar-refractivity contribution in [1.29, 1.82) is 0 Å². The Morgan fingerprint density at radius 3 is 2.95 bits per heavy atom. The van der Waals surface area contributed by atoms with Crippen LogP contribution in [0.15, 0.2) is 6.20 Å². The van der Waals surface area contributed by atoms with Crippen molar-refractivity contribution in [3.63, 3.8) is 0 Å². The molecule has 0 bridgehead atoms. The van der Waals surface area contributed by atoms with Gasteiger partial charge in [-0.25, -0.2) is 8.42 Å². The van der Waals surface area contributed by atoms with Crippen LogP contribution in [-0.4, -0.2) is 48.2 Å². The van der Waals surface area contributed by atoms with Gasteiger partial charge in [-0.2, -0.15) is 5.10 Å². The number of sulfone groups is 1. The molecule has 8 heteroatoms. The number of nitrogens with one attached hydrogen (secondary N) is 1. The molecule has 0 saturated carbocycles. The Morgan fingerprint density at radius 2 is 2.33 bits per heavy atom. The minimum atomic E-state index is -3.03. The molecule has 21 heavy (non-hydrogen) atoms. The molecule has 1 saturated heterocycles. The lowest BCUT2D eigenvalue weighted by atomic mass is 10.2. The van der Waals surface area contributed by atoms with E-state index in [9.17, 15) is 13.2 Å². The number of hydrogen-bond donors (Lipinski definition) is 2. The topological polar surface area (TPSA) is 107 Å². The van der Waals surface area contributed by atoms with Crippen molar-refractivity contribution in [2.75, 3.05) is 18.8 Å². The highest BCUT2D eigenvalue weighted by Crippen LogP contribution is 2.19. The van der Waals surface area contributed by atoms with E-state index < -0.39 is 15.1 Å². The first-order chi connectivity index (χ1) is 9.95. The normalized spacial score (nSPS) is 20.6. The average molecular weight is 314 g/mol. The molecule has 0 aromatic carbocycles. The zero-order chi connectivity index (χ0) is 15.5. The van der Waals surface area contributed by atoms with Gasteiger partial charge in [0.1, 0.15) is 0 Å². The van der Waals surface area contributed by atoms with Crippen LogP contribution in [0.1, 0.15) is 35.3 Å². The molecule has 1 unspecified atom stereocenters. The molecule has 0 spiro atoms. The third-order valence-electron chi connectivity index (χ3n) is 3.87. The monoisotopic (exact) mass is 314 g/mol. The predicted molar refractivity (Wildman–Crippen MR) is 79.8 cm³/mol. The van der Waals surface area contributed by atoms with E-state index >= 15 is 0 Å². The van der Waals surface area contributed by atoms with E-state index in [1.165, 1.54) is 6.20 Å². The summed E-state index contributed by atoms with van der Waals surface area (Å²) in [6, 6.07) is 0. The van der Waals surface area contributed by atoms with E-state index in [0.717, 1.165) is 12.1 Å². The number of hydrogen-bond acceptors (Lipinski definition) is 5. The van der Waals surface area contributed by atoms with Gasteiger partial charge >= 0.3 is 0 Å². The number of aryl methyl sites for hydroxylation is 1. The third-order valence-corrected chi connectivity index (χ3v) is 6.15. The zero-order valence-electron chi connectivity index (χ0n) is 12.2. The highest BCUT2D eigenvalue weighted by Gasteiger charge is 2.31. The number of aromatic nitrogens is 2. The SMILES string of the molecule is Cc1c(C(=O)NCC2CCCS2(=O)=O)cnn1CCCN. The first-order valence-electron chi connectivity index (χ1n) is 7.18. The number of carbonyl (C=O) groups excluding carboxylic acids is 1. The highest BCUT2D eigenvalue weighted by molar-refractivity contribution is 7.92. The maximum absolute atomic E-state index is 12.1. The fraction of sp³-hybridized carbons (Fsp3) is 0.692. The van der Waals surface area contributed by atoms with E-state index in [1.807, 2.05) is 6.92 Å². The molecule has 7 nitrogen and oxygen atoms in total. The number of nitrogens with zero attached hydrogens (tertiary/aromatic N) is 2. The minimum absolute atomic E-state index is 0.175. The summed E-state index contributed by atoms with van der Waals surface area (Å²) in [5, 5.41) is 6.43. The summed E-state index contributed by atoms with van der Waals surface area (Å²) in [6.45, 7) is 3.24. The van der Waals surface area contributed by atoms with Crippen LogP contribution in [0.2, 0.25) is 0 Å². The first-order valence-corrected chi connectivity index (χ1v) is 8.89. The largest absolute Gasteiger partial charge is 0.351 e. The van der Waals surface area contributed by atoms with Crippen molar-refractivity contribution in [3.05, 3.63) is 17.5 Å². The zero-order valence-corrected chi connectivity index (χ0v) is 13.0. The number of nitrogens with two attached hydrogens (primary N) is 1. The molecule has 0 radical (unpaired) electrons. The molecule has 0 aliphatic carbocycles. The molecule has 1 amide bonds. The first kappa shape index (κ1) is 16.0. The summed E-state index contributed by atoms with van der Waals surface area (Å²) in [6.07, 6.45) is 3.62. The van der Waals surface area contributed by atoms with Crippen LogP contribution in [0.3, 0.4) is 0 Å². The molecule has 2 heterocycles. The lowest BCUT2D eigenvalue weighted by Crippen LogP contribution is -2.34. The Hall–Kier alpha value is -1.41. The number of carbonyl (C=O) groups is 1. The second kappa shape index (κ2) is 6.57. The van der Waals surface area contributed by atoms with Gasteiger partial charge in [0.25, 0.3) is 5.91 Å². The van der Waals surface area contributed by atoms with Crippen molar-refractivity contribution < 1.29 is 13.2 Å². The van der Waals surface area contributed by atoms with Crippen LogP contribution in [0.25, 0.3) is 0 Å². The van der Waals surface area contributed by atoms with Crippen molar-refractivity contribution in [2.24, 2.45) is 5.73 Å². The van der Waals surface area contributed by atoms with Gasteiger partial charge in [-0.1, -0.05) is 0 Å². The van der Waals surface area contributed by atoms with E-state index in [4.69, 9.17) is 5.73 Å². The van der Waals surface area contributed by atoms with Crippen LogP contribution >= 0.6 is 0 Å². The smallest absolute Gasteiger partial charge is 0.254 e. The summed E-state index contributed by atoms with van der Waals surface area (Å²) in [4.78, 5) is 12.1. The molecular weight excluding hydrogens is 292 g/mol. The molecule has 1 atom stereocenters. The summed E-state index contributed by atoms with van der Waals surface area (Å²) in [5.41, 5.74) is 6.72. The van der Waals surface area contributed by atoms with Gasteiger partial charge in [0.15, 0.2) is 9.84 Å². The molecule has 3 N–H and O–H groups in total. The van der Waals surface area contributed by atoms with E-state index in [2.05, 4.69) is 10.4 Å². The van der Waals surface area contributed by atoms with Crippen LogP contribution in [-0.2, 0) is 16.4 Å². The van der Waals surface area contributed by atoms with Crippen molar-refractivity contribution >= 4 is 15.7 Å². The molecular formula is C13H22N4O3S. The summed E-state index contributed by atoms with van der Waals surface area (Å²) in [5.74, 6) is -0.0440. The van der Waals surface area contributed by atoms with Crippen LogP contribution < -0.4 is 11.1 Å². The van der Waals surface area contributed by atoms with Crippen LogP contribution in [0.4, 0.5) is 0 Å². The fourth-order valence-electron chi connectivity index (χ4n) is 2.53. The molecule has 1 fully saturated rings.